The Morgan fingerprint density at radius 3 is 2.70 bits per heavy atom. The molecule has 0 spiro atoms. The molecule has 0 bridgehead atoms. The minimum Gasteiger partial charge on any atom is -0.378 e. The predicted molar refractivity (Wildman–Crippen MR) is 101 cm³/mol. The molecule has 0 radical (unpaired) electrons. The molecule has 3 rings (SSSR count). The molecule has 2 heterocycles. The number of carbonyl (C=O) groups is 3. The molecule has 1 aromatic carbocycles. The van der Waals surface area contributed by atoms with Crippen LogP contribution in [0, 0.1) is 10.1 Å². The summed E-state index contributed by atoms with van der Waals surface area (Å²) in [5, 5.41) is 10.5. The van der Waals surface area contributed by atoms with Crippen molar-refractivity contribution in [1.82, 2.24) is 9.80 Å². The Kier molecular flexibility index (Phi) is 5.92. The normalized spacial score (nSPS) is 19.1. The van der Waals surface area contributed by atoms with Crippen LogP contribution in [-0.2, 0) is 14.3 Å². The fourth-order valence-electron chi connectivity index (χ4n) is 2.60. The lowest BCUT2D eigenvalue weighted by molar-refractivity contribution is -0.385. The van der Waals surface area contributed by atoms with E-state index in [1.165, 1.54) is 18.2 Å². The number of amides is 3. The van der Waals surface area contributed by atoms with Gasteiger partial charge >= 0.3 is 0 Å². The van der Waals surface area contributed by atoms with E-state index in [0.717, 1.165) is 4.90 Å². The van der Waals surface area contributed by atoms with E-state index >= 15 is 0 Å². The molecule has 2 aliphatic heterocycles. The second kappa shape index (κ2) is 8.19. The van der Waals surface area contributed by atoms with E-state index in [1.807, 2.05) is 0 Å². The van der Waals surface area contributed by atoms with Gasteiger partial charge in [-0.3, -0.25) is 29.4 Å². The van der Waals surface area contributed by atoms with Crippen LogP contribution < -0.4 is 0 Å². The molecule has 0 unspecified atom stereocenters. The number of nitrogens with zero attached hydrogens (tertiary/aromatic N) is 3. The lowest BCUT2D eigenvalue weighted by Gasteiger charge is -2.28. The second-order valence-corrected chi connectivity index (χ2v) is 7.58. The van der Waals surface area contributed by atoms with Gasteiger partial charge in [-0.2, -0.15) is 0 Å². The van der Waals surface area contributed by atoms with Gasteiger partial charge in [0, 0.05) is 19.2 Å². The molecule has 0 saturated carbocycles. The maximum Gasteiger partial charge on any atom is 0.294 e. The van der Waals surface area contributed by atoms with Crippen LogP contribution in [0.1, 0.15) is 5.56 Å². The van der Waals surface area contributed by atoms with E-state index in [2.05, 4.69) is 15.9 Å². The summed E-state index contributed by atoms with van der Waals surface area (Å²) in [6.07, 6.45) is 1.41. The van der Waals surface area contributed by atoms with Crippen LogP contribution in [0.25, 0.3) is 6.08 Å². The first kappa shape index (κ1) is 19.5. The summed E-state index contributed by atoms with van der Waals surface area (Å²) in [6, 6.07) is 4.39. The van der Waals surface area contributed by atoms with E-state index < -0.39 is 16.1 Å². The molecule has 0 atom stereocenters. The molecule has 2 aliphatic rings. The standard InChI is InChI=1S/C16H14BrN3O6S/c17-11-2-1-10(7-12(11)20(24)25)8-13-15(22)19(16(23)27-13)9-14(21)18-3-5-26-6-4-18/h1-2,7-8H,3-6,9H2/b13-8-. The van der Waals surface area contributed by atoms with E-state index in [4.69, 9.17) is 4.74 Å². The third-order valence-electron chi connectivity index (χ3n) is 4.00. The fourth-order valence-corrected chi connectivity index (χ4v) is 3.82. The number of rotatable bonds is 4. The summed E-state index contributed by atoms with van der Waals surface area (Å²) in [7, 11) is 0. The Labute approximate surface area is 166 Å². The van der Waals surface area contributed by atoms with Crippen LogP contribution in [0.15, 0.2) is 27.6 Å². The summed E-state index contributed by atoms with van der Waals surface area (Å²) in [5.74, 6) is -0.904. The van der Waals surface area contributed by atoms with Crippen molar-refractivity contribution in [3.8, 4) is 0 Å². The number of morpholine rings is 1. The van der Waals surface area contributed by atoms with Crippen molar-refractivity contribution >= 4 is 56.5 Å². The number of imide groups is 1. The number of carbonyl (C=O) groups excluding carboxylic acids is 3. The highest BCUT2D eigenvalue weighted by Crippen LogP contribution is 2.33. The highest BCUT2D eigenvalue weighted by atomic mass is 79.9. The molecule has 1 aromatic rings. The van der Waals surface area contributed by atoms with Gasteiger partial charge in [0.05, 0.1) is 27.5 Å². The summed E-state index contributed by atoms with van der Waals surface area (Å²) in [4.78, 5) is 50.0. The molecule has 2 saturated heterocycles. The average molecular weight is 456 g/mol. The Balaban J connectivity index is 1.75. The van der Waals surface area contributed by atoms with E-state index in [1.54, 1.807) is 11.0 Å². The van der Waals surface area contributed by atoms with Gasteiger partial charge in [0.2, 0.25) is 5.91 Å². The van der Waals surface area contributed by atoms with Gasteiger partial charge in [-0.15, -0.1) is 0 Å². The molecule has 2 fully saturated rings. The van der Waals surface area contributed by atoms with E-state index in [9.17, 15) is 24.5 Å². The number of hydrogen-bond acceptors (Lipinski definition) is 7. The highest BCUT2D eigenvalue weighted by molar-refractivity contribution is 9.10. The zero-order valence-electron chi connectivity index (χ0n) is 13.9. The van der Waals surface area contributed by atoms with Crippen molar-refractivity contribution in [2.24, 2.45) is 0 Å². The molecule has 3 amide bonds. The van der Waals surface area contributed by atoms with Crippen LogP contribution >= 0.6 is 27.7 Å². The predicted octanol–water partition coefficient (Wildman–Crippen LogP) is 2.25. The van der Waals surface area contributed by atoms with Crippen LogP contribution in [0.2, 0.25) is 0 Å². The maximum absolute atomic E-state index is 12.5. The molecular formula is C16H14BrN3O6S. The third kappa shape index (κ3) is 4.37. The Morgan fingerprint density at radius 2 is 2.04 bits per heavy atom. The minimum atomic E-state index is -0.586. The zero-order valence-corrected chi connectivity index (χ0v) is 16.3. The molecular weight excluding hydrogens is 442 g/mol. The van der Waals surface area contributed by atoms with Gasteiger partial charge in [-0.1, -0.05) is 6.07 Å². The number of benzene rings is 1. The molecule has 0 aromatic heterocycles. The number of nitro groups is 1. The molecule has 142 valence electrons. The van der Waals surface area contributed by atoms with Gasteiger partial charge in [0.15, 0.2) is 0 Å². The van der Waals surface area contributed by atoms with Crippen molar-refractivity contribution in [3.63, 3.8) is 0 Å². The number of ether oxygens (including phenoxy) is 1. The van der Waals surface area contributed by atoms with Gasteiger partial charge in [-0.25, -0.2) is 0 Å². The molecule has 27 heavy (non-hydrogen) atoms. The van der Waals surface area contributed by atoms with Crippen LogP contribution in [0.5, 0.6) is 0 Å². The van der Waals surface area contributed by atoms with Gasteiger partial charge < -0.3 is 9.64 Å². The number of hydrogen-bond donors (Lipinski definition) is 0. The van der Waals surface area contributed by atoms with Crippen molar-refractivity contribution in [2.75, 3.05) is 32.8 Å². The van der Waals surface area contributed by atoms with Crippen molar-refractivity contribution in [3.05, 3.63) is 43.3 Å². The van der Waals surface area contributed by atoms with Crippen LogP contribution in [0.3, 0.4) is 0 Å². The summed E-state index contributed by atoms with van der Waals surface area (Å²) < 4.78 is 5.49. The van der Waals surface area contributed by atoms with Gasteiger partial charge in [0.25, 0.3) is 16.8 Å². The smallest absolute Gasteiger partial charge is 0.294 e. The topological polar surface area (TPSA) is 110 Å². The number of thioether (sulfide) groups is 1. The molecule has 11 heteroatoms. The van der Waals surface area contributed by atoms with Gasteiger partial charge in [0.1, 0.15) is 6.54 Å². The van der Waals surface area contributed by atoms with Crippen LogP contribution in [-0.4, -0.2) is 64.6 Å². The monoisotopic (exact) mass is 455 g/mol. The largest absolute Gasteiger partial charge is 0.378 e. The maximum atomic E-state index is 12.5. The lowest BCUT2D eigenvalue weighted by atomic mass is 10.2. The second-order valence-electron chi connectivity index (χ2n) is 5.73. The van der Waals surface area contributed by atoms with Crippen molar-refractivity contribution in [1.29, 1.82) is 0 Å². The van der Waals surface area contributed by atoms with E-state index in [0.29, 0.717) is 48.1 Å². The number of halogens is 1. The average Bonchev–Trinajstić information content (AvgIpc) is 2.91. The van der Waals surface area contributed by atoms with E-state index in [-0.39, 0.29) is 23.0 Å². The summed E-state index contributed by atoms with van der Waals surface area (Å²) in [5.41, 5.74) is 0.264. The quantitative estimate of drug-likeness (QED) is 0.388. The van der Waals surface area contributed by atoms with Crippen molar-refractivity contribution < 1.29 is 24.0 Å². The minimum absolute atomic E-state index is 0.117. The first-order valence-electron chi connectivity index (χ1n) is 7.91. The highest BCUT2D eigenvalue weighted by Gasteiger charge is 2.37. The molecule has 9 nitrogen and oxygen atoms in total. The molecule has 0 N–H and O–H groups in total. The zero-order chi connectivity index (χ0) is 19.6. The summed E-state index contributed by atoms with van der Waals surface area (Å²) >= 11 is 3.80. The molecule has 0 aliphatic carbocycles. The fraction of sp³-hybridized carbons (Fsp3) is 0.312. The lowest BCUT2D eigenvalue weighted by Crippen LogP contribution is -2.46. The first-order valence-corrected chi connectivity index (χ1v) is 9.52. The SMILES string of the molecule is O=C(CN1C(=O)S/C(=C\c2ccc(Br)c([N+](=O)[O-])c2)C1=O)N1CCOCC1. The van der Waals surface area contributed by atoms with Crippen molar-refractivity contribution in [2.45, 2.75) is 0 Å². The summed E-state index contributed by atoms with van der Waals surface area (Å²) in [6.45, 7) is 1.37. The van der Waals surface area contributed by atoms with Gasteiger partial charge in [-0.05, 0) is 45.4 Å². The first-order chi connectivity index (χ1) is 12.9. The Hall–Kier alpha value is -2.24. The Morgan fingerprint density at radius 1 is 1.33 bits per heavy atom. The van der Waals surface area contributed by atoms with Crippen LogP contribution in [0.4, 0.5) is 10.5 Å². The Bertz CT molecular complexity index is 853. The third-order valence-corrected chi connectivity index (χ3v) is 5.57. The number of nitro benzene ring substituents is 1.